The van der Waals surface area contributed by atoms with Crippen LogP contribution in [0.25, 0.3) is 0 Å². The maximum Gasteiger partial charge on any atom is 0.338 e. The molecule has 1 atom stereocenters. The van der Waals surface area contributed by atoms with E-state index in [2.05, 4.69) is 18.0 Å². The molecule has 1 amide bonds. The van der Waals surface area contributed by atoms with Crippen LogP contribution in [-0.4, -0.2) is 25.1 Å². The van der Waals surface area contributed by atoms with Gasteiger partial charge in [-0.25, -0.2) is 4.79 Å². The van der Waals surface area contributed by atoms with Gasteiger partial charge in [0.1, 0.15) is 12.4 Å². The fourth-order valence-corrected chi connectivity index (χ4v) is 3.20. The van der Waals surface area contributed by atoms with Gasteiger partial charge in [0, 0.05) is 0 Å². The van der Waals surface area contributed by atoms with Gasteiger partial charge in [0.25, 0.3) is 5.91 Å². The highest BCUT2D eigenvalue weighted by Crippen LogP contribution is 2.29. The van der Waals surface area contributed by atoms with Crippen molar-refractivity contribution in [3.8, 4) is 5.75 Å². The van der Waals surface area contributed by atoms with Crippen LogP contribution in [-0.2, 0) is 16.0 Å². The zero-order valence-electron chi connectivity index (χ0n) is 15.1. The largest absolute Gasteiger partial charge is 0.490 e. The van der Waals surface area contributed by atoms with E-state index in [-0.39, 0.29) is 18.6 Å². The lowest BCUT2D eigenvalue weighted by Gasteiger charge is -2.26. The Hall–Kier alpha value is -3.08. The van der Waals surface area contributed by atoms with E-state index in [1.165, 1.54) is 5.56 Å². The quantitative estimate of drug-likeness (QED) is 0.601. The van der Waals surface area contributed by atoms with E-state index in [0.29, 0.717) is 17.9 Å². The summed E-state index contributed by atoms with van der Waals surface area (Å²) in [5.74, 6) is -0.194. The van der Waals surface area contributed by atoms with Crippen LogP contribution in [0.5, 0.6) is 5.75 Å². The lowest BCUT2D eigenvalue weighted by molar-refractivity contribution is -0.125. The number of rotatable bonds is 7. The fraction of sp³-hybridized carbons (Fsp3) is 0.273. The van der Waals surface area contributed by atoms with Gasteiger partial charge in [0.15, 0.2) is 6.61 Å². The minimum atomic E-state index is -0.538. The summed E-state index contributed by atoms with van der Waals surface area (Å²) in [7, 11) is 0. The van der Waals surface area contributed by atoms with E-state index in [0.717, 1.165) is 24.8 Å². The predicted molar refractivity (Wildman–Crippen MR) is 103 cm³/mol. The molecule has 5 nitrogen and oxygen atoms in total. The molecule has 27 heavy (non-hydrogen) atoms. The summed E-state index contributed by atoms with van der Waals surface area (Å²) in [5.41, 5.74) is 2.79. The Labute approximate surface area is 159 Å². The third-order valence-corrected chi connectivity index (χ3v) is 4.50. The number of carbonyl (C=O) groups is 2. The Kier molecular flexibility index (Phi) is 6.26. The lowest BCUT2D eigenvalue weighted by atomic mass is 9.88. The number of hydrogen-bond donors (Lipinski definition) is 1. The molecule has 0 fully saturated rings. The molecular weight excluding hydrogens is 342 g/mol. The summed E-state index contributed by atoms with van der Waals surface area (Å²) >= 11 is 0. The molecule has 0 aromatic heterocycles. The highest BCUT2D eigenvalue weighted by molar-refractivity contribution is 5.91. The van der Waals surface area contributed by atoms with Gasteiger partial charge in [0.2, 0.25) is 0 Å². The average Bonchev–Trinajstić information content (AvgIpc) is 2.71. The molecule has 0 spiro atoms. The second-order valence-electron chi connectivity index (χ2n) is 6.41. The number of fused-ring (bicyclic) bond motifs is 1. The first kappa shape index (κ1) is 18.7. The Morgan fingerprint density at radius 3 is 2.70 bits per heavy atom. The van der Waals surface area contributed by atoms with Gasteiger partial charge >= 0.3 is 5.97 Å². The normalized spacial score (nSPS) is 15.3. The smallest absolute Gasteiger partial charge is 0.338 e. The first-order valence-corrected chi connectivity index (χ1v) is 9.05. The van der Waals surface area contributed by atoms with Crippen molar-refractivity contribution in [1.82, 2.24) is 5.32 Å². The van der Waals surface area contributed by atoms with Crippen molar-refractivity contribution in [2.45, 2.75) is 25.3 Å². The second-order valence-corrected chi connectivity index (χ2v) is 6.41. The predicted octanol–water partition coefficient (Wildman–Crippen LogP) is 3.60. The standard InChI is InChI=1S/C22H23NO4/c1-2-14-26-18-12-10-17(11-13-18)22(25)27-15-21(24)23-20-9-5-7-16-6-3-4-8-19(16)20/h2-4,6,8,10-13,20H,1,5,7,9,14-15H2,(H,23,24). The zero-order valence-corrected chi connectivity index (χ0v) is 15.1. The summed E-state index contributed by atoms with van der Waals surface area (Å²) in [6.07, 6.45) is 4.60. The number of esters is 1. The molecule has 1 unspecified atom stereocenters. The Morgan fingerprint density at radius 2 is 1.93 bits per heavy atom. The molecule has 140 valence electrons. The topological polar surface area (TPSA) is 64.6 Å². The second kappa shape index (κ2) is 9.03. The molecule has 0 bridgehead atoms. The van der Waals surface area contributed by atoms with Crippen LogP contribution in [0.15, 0.2) is 61.2 Å². The van der Waals surface area contributed by atoms with Gasteiger partial charge < -0.3 is 14.8 Å². The highest BCUT2D eigenvalue weighted by atomic mass is 16.5. The van der Waals surface area contributed by atoms with Crippen LogP contribution in [0.2, 0.25) is 0 Å². The van der Waals surface area contributed by atoms with Crippen molar-refractivity contribution in [3.63, 3.8) is 0 Å². The minimum Gasteiger partial charge on any atom is -0.490 e. The van der Waals surface area contributed by atoms with Gasteiger partial charge in [-0.1, -0.05) is 36.9 Å². The zero-order chi connectivity index (χ0) is 19.1. The monoisotopic (exact) mass is 365 g/mol. The Bertz CT molecular complexity index is 813. The van der Waals surface area contributed by atoms with Crippen LogP contribution in [0.4, 0.5) is 0 Å². The van der Waals surface area contributed by atoms with Gasteiger partial charge in [-0.05, 0) is 54.7 Å². The minimum absolute atomic E-state index is 0.0255. The van der Waals surface area contributed by atoms with Crippen molar-refractivity contribution >= 4 is 11.9 Å². The molecule has 1 aliphatic carbocycles. The molecule has 3 rings (SSSR count). The fourth-order valence-electron chi connectivity index (χ4n) is 3.20. The maximum atomic E-state index is 12.2. The van der Waals surface area contributed by atoms with Crippen LogP contribution in [0.1, 0.15) is 40.4 Å². The van der Waals surface area contributed by atoms with Crippen LogP contribution in [0, 0.1) is 0 Å². The molecule has 0 aliphatic heterocycles. The van der Waals surface area contributed by atoms with E-state index in [1.807, 2.05) is 18.2 Å². The molecule has 2 aromatic carbocycles. The number of benzene rings is 2. The number of ether oxygens (including phenoxy) is 2. The number of hydrogen-bond acceptors (Lipinski definition) is 4. The van der Waals surface area contributed by atoms with Gasteiger partial charge in [0.05, 0.1) is 11.6 Å². The van der Waals surface area contributed by atoms with Gasteiger partial charge in [-0.2, -0.15) is 0 Å². The number of carbonyl (C=O) groups excluding carboxylic acids is 2. The highest BCUT2D eigenvalue weighted by Gasteiger charge is 2.21. The summed E-state index contributed by atoms with van der Waals surface area (Å²) in [4.78, 5) is 24.3. The first-order chi connectivity index (χ1) is 13.2. The number of amides is 1. The van der Waals surface area contributed by atoms with Crippen molar-refractivity contribution in [2.75, 3.05) is 13.2 Å². The maximum absolute atomic E-state index is 12.2. The summed E-state index contributed by atoms with van der Waals surface area (Å²) in [6, 6.07) is 14.7. The SMILES string of the molecule is C=CCOc1ccc(C(=O)OCC(=O)NC2CCCc3ccccc32)cc1. The third kappa shape index (κ3) is 4.97. The third-order valence-electron chi connectivity index (χ3n) is 4.50. The molecule has 0 saturated heterocycles. The summed E-state index contributed by atoms with van der Waals surface area (Å²) < 4.78 is 10.5. The summed E-state index contributed by atoms with van der Waals surface area (Å²) in [5, 5.41) is 2.97. The lowest BCUT2D eigenvalue weighted by Crippen LogP contribution is -2.34. The van der Waals surface area contributed by atoms with Crippen LogP contribution >= 0.6 is 0 Å². The van der Waals surface area contributed by atoms with E-state index in [4.69, 9.17) is 9.47 Å². The van der Waals surface area contributed by atoms with Gasteiger partial charge in [-0.15, -0.1) is 0 Å². The molecular formula is C22H23NO4. The summed E-state index contributed by atoms with van der Waals surface area (Å²) in [6.45, 7) is 3.68. The van der Waals surface area contributed by atoms with Crippen LogP contribution in [0.3, 0.4) is 0 Å². The van der Waals surface area contributed by atoms with Gasteiger partial charge in [-0.3, -0.25) is 4.79 Å². The van der Waals surface area contributed by atoms with Crippen molar-refractivity contribution in [3.05, 3.63) is 77.9 Å². The number of aryl methyl sites for hydroxylation is 1. The molecule has 2 aromatic rings. The molecule has 1 N–H and O–H groups in total. The van der Waals surface area contributed by atoms with Crippen LogP contribution < -0.4 is 10.1 Å². The molecule has 5 heteroatoms. The Balaban J connectivity index is 1.50. The van der Waals surface area contributed by atoms with Crippen molar-refractivity contribution < 1.29 is 19.1 Å². The van der Waals surface area contributed by atoms with E-state index in [1.54, 1.807) is 30.3 Å². The molecule has 0 heterocycles. The Morgan fingerprint density at radius 1 is 1.15 bits per heavy atom. The van der Waals surface area contributed by atoms with E-state index >= 15 is 0 Å². The first-order valence-electron chi connectivity index (χ1n) is 9.05. The molecule has 1 aliphatic rings. The van der Waals surface area contributed by atoms with Crippen molar-refractivity contribution in [2.24, 2.45) is 0 Å². The average molecular weight is 365 g/mol. The number of nitrogens with one attached hydrogen (secondary N) is 1. The van der Waals surface area contributed by atoms with E-state index in [9.17, 15) is 9.59 Å². The molecule has 0 radical (unpaired) electrons. The van der Waals surface area contributed by atoms with Crippen molar-refractivity contribution in [1.29, 1.82) is 0 Å². The molecule has 0 saturated carbocycles. The van der Waals surface area contributed by atoms with E-state index < -0.39 is 5.97 Å².